The van der Waals surface area contributed by atoms with E-state index in [-0.39, 0.29) is 0 Å². The third-order valence-corrected chi connectivity index (χ3v) is 12.4. The largest absolute Gasteiger partial charge is 0.0616 e. The second kappa shape index (κ2) is 13.0. The van der Waals surface area contributed by atoms with Crippen LogP contribution in [0.5, 0.6) is 0 Å². The first-order chi connectivity index (χ1) is 28.8. The Morgan fingerprint density at radius 3 is 1.17 bits per heavy atom. The van der Waals surface area contributed by atoms with E-state index in [1.807, 2.05) is 0 Å². The SMILES string of the molecule is c1ccc2c(-c3ccc(-c4ccc5ccc(-c6c7ccccc7c(-c7ccc8c9ccccc9c9ccccc9c8c7)c7ccccc67)cc5c4)cc3)cccc2c1. The Morgan fingerprint density at radius 2 is 0.569 bits per heavy atom. The Labute approximate surface area is 336 Å². The molecule has 268 valence electrons. The molecule has 0 nitrogen and oxygen atoms in total. The number of benzene rings is 12. The predicted molar refractivity (Wildman–Crippen MR) is 251 cm³/mol. The molecule has 0 saturated carbocycles. The lowest BCUT2D eigenvalue weighted by atomic mass is 9.84. The molecule has 0 unspecified atom stereocenters. The van der Waals surface area contributed by atoms with Crippen LogP contribution in [0.1, 0.15) is 0 Å². The predicted octanol–water partition coefficient (Wildman–Crippen LogP) is 16.4. The normalized spacial score (nSPS) is 11.8. The minimum absolute atomic E-state index is 1.22. The molecule has 0 bridgehead atoms. The molecule has 0 amide bonds. The first kappa shape index (κ1) is 32.7. The van der Waals surface area contributed by atoms with Gasteiger partial charge < -0.3 is 0 Å². The summed E-state index contributed by atoms with van der Waals surface area (Å²) >= 11 is 0. The topological polar surface area (TPSA) is 0 Å². The van der Waals surface area contributed by atoms with Crippen molar-refractivity contribution in [2.75, 3.05) is 0 Å². The summed E-state index contributed by atoms with van der Waals surface area (Å²) in [6, 6.07) is 80.9. The molecule has 12 aromatic carbocycles. The van der Waals surface area contributed by atoms with Crippen molar-refractivity contribution in [3.8, 4) is 44.5 Å². The average molecular weight is 733 g/mol. The van der Waals surface area contributed by atoms with Gasteiger partial charge >= 0.3 is 0 Å². The molecule has 0 aliphatic rings. The Morgan fingerprint density at radius 1 is 0.172 bits per heavy atom. The van der Waals surface area contributed by atoms with Gasteiger partial charge in [-0.1, -0.05) is 200 Å². The smallest absolute Gasteiger partial charge is 0.00261 e. The van der Waals surface area contributed by atoms with Crippen LogP contribution in [0.4, 0.5) is 0 Å². The van der Waals surface area contributed by atoms with Crippen LogP contribution in [0.3, 0.4) is 0 Å². The fourth-order valence-electron chi connectivity index (χ4n) is 9.71. The number of hydrogen-bond donors (Lipinski definition) is 0. The molecule has 0 heteroatoms. The highest BCUT2D eigenvalue weighted by Crippen LogP contribution is 2.46. The summed E-state index contributed by atoms with van der Waals surface area (Å²) in [6.07, 6.45) is 0. The van der Waals surface area contributed by atoms with Crippen LogP contribution in [0.15, 0.2) is 218 Å². The van der Waals surface area contributed by atoms with Crippen LogP contribution in [0.25, 0.3) is 120 Å². The van der Waals surface area contributed by atoms with Crippen molar-refractivity contribution >= 4 is 75.4 Å². The highest BCUT2D eigenvalue weighted by atomic mass is 14.2. The maximum atomic E-state index is 2.43. The summed E-state index contributed by atoms with van der Waals surface area (Å²) in [7, 11) is 0. The molecule has 0 aliphatic carbocycles. The van der Waals surface area contributed by atoms with Gasteiger partial charge in [-0.2, -0.15) is 0 Å². The van der Waals surface area contributed by atoms with E-state index in [2.05, 4.69) is 218 Å². The first-order valence-electron chi connectivity index (χ1n) is 20.2. The summed E-state index contributed by atoms with van der Waals surface area (Å²) in [5, 5.41) is 17.8. The lowest BCUT2D eigenvalue weighted by Gasteiger charge is -2.19. The van der Waals surface area contributed by atoms with Gasteiger partial charge in [0.2, 0.25) is 0 Å². The van der Waals surface area contributed by atoms with Crippen LogP contribution in [0, 0.1) is 0 Å². The highest BCUT2D eigenvalue weighted by Gasteiger charge is 2.18. The fraction of sp³-hybridized carbons (Fsp3) is 0. The van der Waals surface area contributed by atoms with E-state index >= 15 is 0 Å². The van der Waals surface area contributed by atoms with Gasteiger partial charge in [0.25, 0.3) is 0 Å². The number of fused-ring (bicyclic) bond motifs is 10. The lowest BCUT2D eigenvalue weighted by Crippen LogP contribution is -1.91. The summed E-state index contributed by atoms with van der Waals surface area (Å²) < 4.78 is 0. The molecule has 0 atom stereocenters. The average Bonchev–Trinajstić information content (AvgIpc) is 3.30. The Kier molecular flexibility index (Phi) is 7.33. The number of rotatable bonds is 4. The molecule has 0 saturated heterocycles. The molecule has 0 aromatic heterocycles. The molecule has 12 aromatic rings. The molecule has 0 N–H and O–H groups in total. The zero-order valence-electron chi connectivity index (χ0n) is 31.8. The Bertz CT molecular complexity index is 3510. The van der Waals surface area contributed by atoms with E-state index in [0.717, 1.165) is 0 Å². The zero-order chi connectivity index (χ0) is 38.2. The van der Waals surface area contributed by atoms with Crippen molar-refractivity contribution in [1.29, 1.82) is 0 Å². The second-order valence-corrected chi connectivity index (χ2v) is 15.6. The van der Waals surface area contributed by atoms with E-state index in [1.54, 1.807) is 0 Å². The van der Waals surface area contributed by atoms with Gasteiger partial charge in [0, 0.05) is 0 Å². The summed E-state index contributed by atoms with van der Waals surface area (Å²) in [5.41, 5.74) is 9.95. The molecule has 0 heterocycles. The molecular formula is C58H36. The van der Waals surface area contributed by atoms with Crippen molar-refractivity contribution in [3.63, 3.8) is 0 Å². The van der Waals surface area contributed by atoms with Gasteiger partial charge in [-0.25, -0.2) is 0 Å². The minimum Gasteiger partial charge on any atom is -0.0616 e. The fourth-order valence-corrected chi connectivity index (χ4v) is 9.71. The minimum atomic E-state index is 1.22. The first-order valence-corrected chi connectivity index (χ1v) is 20.2. The maximum Gasteiger partial charge on any atom is -0.00261 e. The van der Waals surface area contributed by atoms with Gasteiger partial charge in [-0.3, -0.25) is 0 Å². The van der Waals surface area contributed by atoms with Crippen molar-refractivity contribution < 1.29 is 0 Å². The molecule has 0 spiro atoms. The van der Waals surface area contributed by atoms with Crippen LogP contribution in [-0.2, 0) is 0 Å². The van der Waals surface area contributed by atoms with Crippen molar-refractivity contribution in [2.24, 2.45) is 0 Å². The van der Waals surface area contributed by atoms with Gasteiger partial charge in [-0.15, -0.1) is 0 Å². The van der Waals surface area contributed by atoms with E-state index < -0.39 is 0 Å². The highest BCUT2D eigenvalue weighted by molar-refractivity contribution is 6.27. The molecule has 0 radical (unpaired) electrons. The molecular weight excluding hydrogens is 697 g/mol. The Balaban J connectivity index is 1.01. The van der Waals surface area contributed by atoms with E-state index in [9.17, 15) is 0 Å². The quantitative estimate of drug-likeness (QED) is 0.125. The van der Waals surface area contributed by atoms with Crippen LogP contribution in [-0.4, -0.2) is 0 Å². The van der Waals surface area contributed by atoms with Crippen LogP contribution < -0.4 is 0 Å². The summed E-state index contributed by atoms with van der Waals surface area (Å²) in [5.74, 6) is 0. The van der Waals surface area contributed by atoms with Crippen LogP contribution >= 0.6 is 0 Å². The number of hydrogen-bond acceptors (Lipinski definition) is 0. The third kappa shape index (κ3) is 5.09. The van der Waals surface area contributed by atoms with Gasteiger partial charge in [0.15, 0.2) is 0 Å². The second-order valence-electron chi connectivity index (χ2n) is 15.6. The van der Waals surface area contributed by atoms with Gasteiger partial charge in [-0.05, 0) is 138 Å². The van der Waals surface area contributed by atoms with E-state index in [1.165, 1.54) is 120 Å². The monoisotopic (exact) mass is 732 g/mol. The molecule has 0 aliphatic heterocycles. The maximum absolute atomic E-state index is 2.43. The van der Waals surface area contributed by atoms with Gasteiger partial charge in [0.05, 0.1) is 0 Å². The molecule has 0 fully saturated rings. The third-order valence-electron chi connectivity index (χ3n) is 12.4. The van der Waals surface area contributed by atoms with Gasteiger partial charge in [0.1, 0.15) is 0 Å². The lowest BCUT2D eigenvalue weighted by molar-refractivity contribution is 1.62. The molecule has 58 heavy (non-hydrogen) atoms. The van der Waals surface area contributed by atoms with E-state index in [0.29, 0.717) is 0 Å². The summed E-state index contributed by atoms with van der Waals surface area (Å²) in [6.45, 7) is 0. The standard InChI is InChI=1S/C58H36/c1-2-14-45-39(12-1)13-11-23-46(45)40-28-24-37(25-29-40)41-30-26-38-27-31-42(35-44(38)34-41)57-52-19-7-9-21-54(52)58(55-22-10-8-20-53(55)57)43-32-33-51-49-17-4-3-15-47(49)48-16-5-6-18-50(48)56(51)36-43/h1-36H. The van der Waals surface area contributed by atoms with E-state index in [4.69, 9.17) is 0 Å². The van der Waals surface area contributed by atoms with Crippen molar-refractivity contribution in [2.45, 2.75) is 0 Å². The summed E-state index contributed by atoms with van der Waals surface area (Å²) in [4.78, 5) is 0. The molecule has 12 rings (SSSR count). The van der Waals surface area contributed by atoms with Crippen molar-refractivity contribution in [3.05, 3.63) is 218 Å². The van der Waals surface area contributed by atoms with Crippen LogP contribution in [0.2, 0.25) is 0 Å². The zero-order valence-corrected chi connectivity index (χ0v) is 31.8. The Hall–Kier alpha value is -7.54. The van der Waals surface area contributed by atoms with Crippen molar-refractivity contribution in [1.82, 2.24) is 0 Å².